The van der Waals surface area contributed by atoms with Gasteiger partial charge in [0.1, 0.15) is 0 Å². The van der Waals surface area contributed by atoms with Crippen LogP contribution in [0.4, 0.5) is 5.69 Å². The summed E-state index contributed by atoms with van der Waals surface area (Å²) < 4.78 is 0. The molecule has 0 aliphatic carbocycles. The van der Waals surface area contributed by atoms with Crippen LogP contribution in [0.25, 0.3) is 0 Å². The molecule has 0 saturated heterocycles. The molecule has 0 aliphatic heterocycles. The van der Waals surface area contributed by atoms with Crippen LogP contribution >= 0.6 is 0 Å². The van der Waals surface area contributed by atoms with Gasteiger partial charge in [-0.15, -0.1) is 0 Å². The highest BCUT2D eigenvalue weighted by molar-refractivity contribution is 5.94. The summed E-state index contributed by atoms with van der Waals surface area (Å²) in [5, 5.41) is 0. The van der Waals surface area contributed by atoms with Crippen LogP contribution in [0.5, 0.6) is 0 Å². The summed E-state index contributed by atoms with van der Waals surface area (Å²) in [5.74, 6) is 0.0205. The standard InChI is InChI=1S/C16H19N3O/c1-18(2)15-6-4-14(5-7-15)16(20)19(3)12-13-8-10-17-11-9-13/h4-11H,12H2,1-3H3. The molecule has 104 valence electrons. The molecule has 0 spiro atoms. The molecule has 0 fully saturated rings. The Morgan fingerprint density at radius 2 is 1.60 bits per heavy atom. The Balaban J connectivity index is 2.06. The van der Waals surface area contributed by atoms with Gasteiger partial charge in [0.15, 0.2) is 0 Å². The van der Waals surface area contributed by atoms with Crippen LogP contribution < -0.4 is 4.90 Å². The molecule has 0 unspecified atom stereocenters. The Morgan fingerprint density at radius 1 is 1.00 bits per heavy atom. The molecule has 0 saturated carbocycles. The second-order valence-corrected chi connectivity index (χ2v) is 4.96. The smallest absolute Gasteiger partial charge is 0.253 e. The number of hydrogen-bond acceptors (Lipinski definition) is 3. The number of rotatable bonds is 4. The first-order chi connectivity index (χ1) is 9.58. The molecule has 0 radical (unpaired) electrons. The van der Waals surface area contributed by atoms with E-state index >= 15 is 0 Å². The van der Waals surface area contributed by atoms with Crippen molar-refractivity contribution >= 4 is 11.6 Å². The second-order valence-electron chi connectivity index (χ2n) is 4.96. The molecule has 1 heterocycles. The average molecular weight is 269 g/mol. The topological polar surface area (TPSA) is 36.4 Å². The number of aromatic nitrogens is 1. The van der Waals surface area contributed by atoms with Crippen molar-refractivity contribution in [2.75, 3.05) is 26.0 Å². The molecule has 2 rings (SSSR count). The van der Waals surface area contributed by atoms with E-state index in [4.69, 9.17) is 0 Å². The van der Waals surface area contributed by atoms with Crippen molar-refractivity contribution in [2.45, 2.75) is 6.54 Å². The van der Waals surface area contributed by atoms with Crippen LogP contribution in [-0.4, -0.2) is 36.9 Å². The Morgan fingerprint density at radius 3 is 2.15 bits per heavy atom. The van der Waals surface area contributed by atoms with Crippen molar-refractivity contribution in [3.05, 3.63) is 59.9 Å². The van der Waals surface area contributed by atoms with Crippen molar-refractivity contribution in [3.63, 3.8) is 0 Å². The number of carbonyl (C=O) groups is 1. The summed E-state index contributed by atoms with van der Waals surface area (Å²) in [6.07, 6.45) is 3.47. The van der Waals surface area contributed by atoms with Crippen molar-refractivity contribution in [1.29, 1.82) is 0 Å². The number of nitrogens with zero attached hydrogens (tertiary/aromatic N) is 3. The Hall–Kier alpha value is -2.36. The Bertz CT molecular complexity index is 564. The van der Waals surface area contributed by atoms with Crippen molar-refractivity contribution in [3.8, 4) is 0 Å². The van der Waals surface area contributed by atoms with E-state index in [1.165, 1.54) is 0 Å². The lowest BCUT2D eigenvalue weighted by Gasteiger charge is -2.18. The van der Waals surface area contributed by atoms with Crippen LogP contribution in [0.3, 0.4) is 0 Å². The van der Waals surface area contributed by atoms with E-state index in [1.54, 1.807) is 17.3 Å². The minimum atomic E-state index is 0.0205. The van der Waals surface area contributed by atoms with E-state index in [9.17, 15) is 4.79 Å². The third kappa shape index (κ3) is 3.35. The molecule has 1 amide bonds. The molecule has 0 N–H and O–H groups in total. The Labute approximate surface area is 119 Å². The van der Waals surface area contributed by atoms with Crippen LogP contribution in [0.1, 0.15) is 15.9 Å². The summed E-state index contributed by atoms with van der Waals surface area (Å²) >= 11 is 0. The van der Waals surface area contributed by atoms with E-state index in [0.29, 0.717) is 12.1 Å². The lowest BCUT2D eigenvalue weighted by atomic mass is 10.1. The fourth-order valence-electron chi connectivity index (χ4n) is 1.96. The van der Waals surface area contributed by atoms with E-state index < -0.39 is 0 Å². The number of anilines is 1. The lowest BCUT2D eigenvalue weighted by molar-refractivity contribution is 0.0785. The zero-order chi connectivity index (χ0) is 14.5. The van der Waals surface area contributed by atoms with Crippen LogP contribution in [-0.2, 0) is 6.54 Å². The maximum atomic E-state index is 12.3. The molecule has 0 bridgehead atoms. The maximum absolute atomic E-state index is 12.3. The van der Waals surface area contributed by atoms with E-state index in [2.05, 4.69) is 4.98 Å². The average Bonchev–Trinajstić information content (AvgIpc) is 2.47. The van der Waals surface area contributed by atoms with E-state index in [1.807, 2.05) is 62.4 Å². The zero-order valence-electron chi connectivity index (χ0n) is 12.1. The third-order valence-electron chi connectivity index (χ3n) is 3.15. The second kappa shape index (κ2) is 6.19. The number of carbonyl (C=O) groups excluding carboxylic acids is 1. The van der Waals surface area contributed by atoms with Gasteiger partial charge in [-0.05, 0) is 42.0 Å². The maximum Gasteiger partial charge on any atom is 0.253 e. The number of amides is 1. The molecule has 1 aromatic heterocycles. The highest BCUT2D eigenvalue weighted by Gasteiger charge is 2.12. The van der Waals surface area contributed by atoms with Gasteiger partial charge in [0.25, 0.3) is 5.91 Å². The van der Waals surface area contributed by atoms with Gasteiger partial charge in [-0.1, -0.05) is 0 Å². The summed E-state index contributed by atoms with van der Waals surface area (Å²) in [6, 6.07) is 11.5. The molecule has 1 aromatic carbocycles. The summed E-state index contributed by atoms with van der Waals surface area (Å²) in [6.45, 7) is 0.580. The number of hydrogen-bond donors (Lipinski definition) is 0. The molecule has 0 atom stereocenters. The molecule has 2 aromatic rings. The van der Waals surface area contributed by atoms with E-state index in [-0.39, 0.29) is 5.91 Å². The van der Waals surface area contributed by atoms with Gasteiger partial charge in [-0.2, -0.15) is 0 Å². The fourth-order valence-corrected chi connectivity index (χ4v) is 1.96. The first kappa shape index (κ1) is 14.1. The lowest BCUT2D eigenvalue weighted by Crippen LogP contribution is -2.26. The van der Waals surface area contributed by atoms with Gasteiger partial charge in [0.05, 0.1) is 0 Å². The van der Waals surface area contributed by atoms with Crippen LogP contribution in [0.2, 0.25) is 0 Å². The quantitative estimate of drug-likeness (QED) is 0.855. The minimum absolute atomic E-state index is 0.0205. The van der Waals surface area contributed by atoms with Crippen molar-refractivity contribution in [2.24, 2.45) is 0 Å². The monoisotopic (exact) mass is 269 g/mol. The van der Waals surface area contributed by atoms with Gasteiger partial charge in [-0.25, -0.2) is 0 Å². The highest BCUT2D eigenvalue weighted by Crippen LogP contribution is 2.14. The number of benzene rings is 1. The summed E-state index contributed by atoms with van der Waals surface area (Å²) in [5.41, 5.74) is 2.85. The number of pyridine rings is 1. The van der Waals surface area contributed by atoms with E-state index in [0.717, 1.165) is 11.3 Å². The zero-order valence-corrected chi connectivity index (χ0v) is 12.1. The van der Waals surface area contributed by atoms with Crippen molar-refractivity contribution in [1.82, 2.24) is 9.88 Å². The summed E-state index contributed by atoms with van der Waals surface area (Å²) in [7, 11) is 5.77. The highest BCUT2D eigenvalue weighted by atomic mass is 16.2. The van der Waals surface area contributed by atoms with Gasteiger partial charge < -0.3 is 9.80 Å². The minimum Gasteiger partial charge on any atom is -0.378 e. The van der Waals surface area contributed by atoms with Crippen LogP contribution in [0, 0.1) is 0 Å². The fraction of sp³-hybridized carbons (Fsp3) is 0.250. The third-order valence-corrected chi connectivity index (χ3v) is 3.15. The molecule has 4 heteroatoms. The normalized spacial score (nSPS) is 10.2. The predicted molar refractivity (Wildman–Crippen MR) is 80.8 cm³/mol. The first-order valence-electron chi connectivity index (χ1n) is 6.49. The largest absolute Gasteiger partial charge is 0.378 e. The molecule has 20 heavy (non-hydrogen) atoms. The first-order valence-corrected chi connectivity index (χ1v) is 6.49. The van der Waals surface area contributed by atoms with Crippen LogP contribution in [0.15, 0.2) is 48.8 Å². The van der Waals surface area contributed by atoms with Crippen molar-refractivity contribution < 1.29 is 4.79 Å². The molecular formula is C16H19N3O. The van der Waals surface area contributed by atoms with Gasteiger partial charge >= 0.3 is 0 Å². The SMILES string of the molecule is CN(Cc1ccncc1)C(=O)c1ccc(N(C)C)cc1. The van der Waals surface area contributed by atoms with Gasteiger partial charge in [0, 0.05) is 51.3 Å². The summed E-state index contributed by atoms with van der Waals surface area (Å²) in [4.78, 5) is 20.0. The van der Waals surface area contributed by atoms with Gasteiger partial charge in [-0.3, -0.25) is 9.78 Å². The molecule has 0 aliphatic rings. The predicted octanol–water partition coefficient (Wildman–Crippen LogP) is 2.42. The Kier molecular flexibility index (Phi) is 4.35. The van der Waals surface area contributed by atoms with Gasteiger partial charge in [0.2, 0.25) is 0 Å². The molecule has 4 nitrogen and oxygen atoms in total. The molecular weight excluding hydrogens is 250 g/mol.